The Hall–Kier alpha value is -1.15. The van der Waals surface area contributed by atoms with E-state index in [1.165, 1.54) is 44.1 Å². The van der Waals surface area contributed by atoms with Crippen molar-refractivity contribution < 1.29 is 4.79 Å². The molecular weight excluding hydrogens is 222 g/mol. The van der Waals surface area contributed by atoms with Gasteiger partial charge in [0.1, 0.15) is 0 Å². The van der Waals surface area contributed by atoms with Gasteiger partial charge in [0.05, 0.1) is 6.54 Å². The average molecular weight is 245 g/mol. The first-order chi connectivity index (χ1) is 8.81. The number of benzene rings is 1. The molecule has 0 atom stereocenters. The number of hydrogen-bond acceptors (Lipinski definition) is 2. The molecule has 2 rings (SSSR count). The maximum atomic E-state index is 11.9. The zero-order valence-corrected chi connectivity index (χ0v) is 11.2. The average Bonchev–Trinajstić information content (AvgIpc) is 2.68. The lowest BCUT2D eigenvalue weighted by Gasteiger charge is -2.15. The summed E-state index contributed by atoms with van der Waals surface area (Å²) in [4.78, 5) is 11.9. The minimum absolute atomic E-state index is 0.188. The Morgan fingerprint density at radius 1 is 1.22 bits per heavy atom. The summed E-state index contributed by atoms with van der Waals surface area (Å²) in [5, 5.41) is 2.93. The largest absolute Gasteiger partial charge is 0.313 e. The van der Waals surface area contributed by atoms with Crippen LogP contribution < -0.4 is 5.32 Å². The monoisotopic (exact) mass is 245 g/mol. The van der Waals surface area contributed by atoms with Crippen LogP contribution in [0.5, 0.6) is 0 Å². The van der Waals surface area contributed by atoms with E-state index in [0.717, 1.165) is 5.56 Å². The van der Waals surface area contributed by atoms with E-state index in [1.54, 1.807) is 0 Å². The second kappa shape index (κ2) is 6.69. The molecule has 0 radical (unpaired) electrons. The number of likely N-dealkylation sites (N-methyl/N-ethyl adjacent to an activating group) is 1. The van der Waals surface area contributed by atoms with Gasteiger partial charge in [-0.15, -0.1) is 0 Å². The second-order valence-electron chi connectivity index (χ2n) is 5.27. The zero-order chi connectivity index (χ0) is 12.8. The van der Waals surface area contributed by atoms with Crippen LogP contribution in [0.1, 0.15) is 60.4 Å². The van der Waals surface area contributed by atoms with Gasteiger partial charge in [0.2, 0.25) is 0 Å². The highest BCUT2D eigenvalue weighted by Crippen LogP contribution is 2.31. The fourth-order valence-electron chi connectivity index (χ4n) is 2.84. The molecule has 1 N–H and O–H groups in total. The number of rotatable bonds is 4. The number of hydrogen-bond donors (Lipinski definition) is 1. The van der Waals surface area contributed by atoms with Gasteiger partial charge >= 0.3 is 0 Å². The van der Waals surface area contributed by atoms with Gasteiger partial charge in [-0.05, 0) is 37.4 Å². The van der Waals surface area contributed by atoms with E-state index in [9.17, 15) is 4.79 Å². The smallest absolute Gasteiger partial charge is 0.176 e. The van der Waals surface area contributed by atoms with E-state index < -0.39 is 0 Å². The van der Waals surface area contributed by atoms with Gasteiger partial charge in [0.15, 0.2) is 5.78 Å². The number of carbonyl (C=O) groups excluding carboxylic acids is 1. The van der Waals surface area contributed by atoms with Crippen molar-refractivity contribution in [3.05, 3.63) is 35.4 Å². The standard InChI is InChI=1S/C16H23NO/c1-17-12-16(18)15-10-6-9-14(11-15)13-7-4-2-3-5-8-13/h6,9-11,13,17H,2-5,7-8,12H2,1H3. The Labute approximate surface area is 110 Å². The van der Waals surface area contributed by atoms with Crippen LogP contribution in [0.25, 0.3) is 0 Å². The van der Waals surface area contributed by atoms with Crippen molar-refractivity contribution in [1.29, 1.82) is 0 Å². The van der Waals surface area contributed by atoms with Crippen LogP contribution in [0, 0.1) is 0 Å². The van der Waals surface area contributed by atoms with Crippen molar-refractivity contribution in [2.75, 3.05) is 13.6 Å². The molecule has 0 heterocycles. The molecular formula is C16H23NO. The minimum Gasteiger partial charge on any atom is -0.313 e. The first kappa shape index (κ1) is 13.3. The van der Waals surface area contributed by atoms with Crippen LogP contribution in [-0.2, 0) is 0 Å². The van der Waals surface area contributed by atoms with E-state index in [0.29, 0.717) is 12.5 Å². The topological polar surface area (TPSA) is 29.1 Å². The van der Waals surface area contributed by atoms with E-state index >= 15 is 0 Å². The Kier molecular flexibility index (Phi) is 4.94. The molecule has 0 saturated heterocycles. The number of ketones is 1. The third kappa shape index (κ3) is 3.42. The predicted molar refractivity (Wildman–Crippen MR) is 75.1 cm³/mol. The van der Waals surface area contributed by atoms with Gasteiger partial charge < -0.3 is 5.32 Å². The highest BCUT2D eigenvalue weighted by Gasteiger charge is 2.15. The summed E-state index contributed by atoms with van der Waals surface area (Å²) in [5.41, 5.74) is 2.21. The molecule has 1 fully saturated rings. The van der Waals surface area contributed by atoms with Gasteiger partial charge in [0, 0.05) is 5.56 Å². The van der Waals surface area contributed by atoms with Gasteiger partial charge in [-0.1, -0.05) is 43.9 Å². The van der Waals surface area contributed by atoms with E-state index in [-0.39, 0.29) is 5.78 Å². The second-order valence-corrected chi connectivity index (χ2v) is 5.27. The summed E-state index contributed by atoms with van der Waals surface area (Å²) in [7, 11) is 1.81. The van der Waals surface area contributed by atoms with Crippen LogP contribution in [0.4, 0.5) is 0 Å². The summed E-state index contributed by atoms with van der Waals surface area (Å²) in [6.07, 6.45) is 7.97. The number of Topliss-reactive ketones (excluding diaryl/α,β-unsaturated/α-hetero) is 1. The minimum atomic E-state index is 0.188. The SMILES string of the molecule is CNCC(=O)c1cccc(C2CCCCCC2)c1. The number of carbonyl (C=O) groups is 1. The van der Waals surface area contributed by atoms with Crippen LogP contribution in [0.15, 0.2) is 24.3 Å². The molecule has 98 valence electrons. The molecule has 2 nitrogen and oxygen atoms in total. The highest BCUT2D eigenvalue weighted by molar-refractivity contribution is 5.97. The maximum absolute atomic E-state index is 11.9. The lowest BCUT2D eigenvalue weighted by Crippen LogP contribution is -2.18. The summed E-state index contributed by atoms with van der Waals surface area (Å²) in [6.45, 7) is 0.425. The first-order valence-corrected chi connectivity index (χ1v) is 7.09. The lowest BCUT2D eigenvalue weighted by molar-refractivity contribution is 0.0993. The van der Waals surface area contributed by atoms with E-state index in [2.05, 4.69) is 17.4 Å². The van der Waals surface area contributed by atoms with E-state index in [1.807, 2.05) is 19.2 Å². The summed E-state index contributed by atoms with van der Waals surface area (Å²) in [5.74, 6) is 0.850. The fourth-order valence-corrected chi connectivity index (χ4v) is 2.84. The fraction of sp³-hybridized carbons (Fsp3) is 0.562. The summed E-state index contributed by atoms with van der Waals surface area (Å²) in [6, 6.07) is 8.25. The Balaban J connectivity index is 2.12. The van der Waals surface area contributed by atoms with Gasteiger partial charge in [-0.25, -0.2) is 0 Å². The molecule has 0 spiro atoms. The molecule has 1 aliphatic carbocycles. The lowest BCUT2D eigenvalue weighted by atomic mass is 9.90. The molecule has 0 amide bonds. The van der Waals surface area contributed by atoms with Gasteiger partial charge in [-0.3, -0.25) is 4.79 Å². The van der Waals surface area contributed by atoms with Gasteiger partial charge in [0.25, 0.3) is 0 Å². The number of nitrogens with one attached hydrogen (secondary N) is 1. The summed E-state index contributed by atoms with van der Waals surface area (Å²) < 4.78 is 0. The van der Waals surface area contributed by atoms with Gasteiger partial charge in [-0.2, -0.15) is 0 Å². The molecule has 18 heavy (non-hydrogen) atoms. The molecule has 0 aliphatic heterocycles. The van der Waals surface area contributed by atoms with Crippen molar-refractivity contribution >= 4 is 5.78 Å². The molecule has 1 aliphatic rings. The van der Waals surface area contributed by atoms with Crippen LogP contribution in [0.3, 0.4) is 0 Å². The molecule has 1 aromatic rings. The zero-order valence-electron chi connectivity index (χ0n) is 11.2. The Morgan fingerprint density at radius 3 is 2.61 bits per heavy atom. The Morgan fingerprint density at radius 2 is 1.94 bits per heavy atom. The van der Waals surface area contributed by atoms with Crippen molar-refractivity contribution in [3.63, 3.8) is 0 Å². The predicted octanol–water partition coefficient (Wildman–Crippen LogP) is 3.53. The molecule has 1 saturated carbocycles. The van der Waals surface area contributed by atoms with Crippen molar-refractivity contribution in [1.82, 2.24) is 5.32 Å². The van der Waals surface area contributed by atoms with Crippen LogP contribution in [-0.4, -0.2) is 19.4 Å². The van der Waals surface area contributed by atoms with Crippen molar-refractivity contribution in [2.24, 2.45) is 0 Å². The quantitative estimate of drug-likeness (QED) is 0.649. The van der Waals surface area contributed by atoms with Crippen molar-refractivity contribution in [2.45, 2.75) is 44.4 Å². The third-order valence-electron chi connectivity index (χ3n) is 3.87. The van der Waals surface area contributed by atoms with E-state index in [4.69, 9.17) is 0 Å². The molecule has 0 aromatic heterocycles. The molecule has 0 bridgehead atoms. The molecule has 1 aromatic carbocycles. The maximum Gasteiger partial charge on any atom is 0.176 e. The highest BCUT2D eigenvalue weighted by atomic mass is 16.1. The first-order valence-electron chi connectivity index (χ1n) is 7.09. The van der Waals surface area contributed by atoms with Crippen molar-refractivity contribution in [3.8, 4) is 0 Å². The normalized spacial score (nSPS) is 17.4. The molecule has 0 unspecified atom stereocenters. The third-order valence-corrected chi connectivity index (χ3v) is 3.87. The van der Waals surface area contributed by atoms with Crippen LogP contribution in [0.2, 0.25) is 0 Å². The van der Waals surface area contributed by atoms with Crippen LogP contribution >= 0.6 is 0 Å². The summed E-state index contributed by atoms with van der Waals surface area (Å²) >= 11 is 0. The Bertz CT molecular complexity index is 392. The molecule has 2 heteroatoms.